The molecule has 6 nitrogen and oxygen atoms in total. The number of methoxy groups -OCH3 is 1. The lowest BCUT2D eigenvalue weighted by Crippen LogP contribution is -2.23. The van der Waals surface area contributed by atoms with Crippen molar-refractivity contribution in [3.8, 4) is 17.2 Å². The molecule has 0 radical (unpaired) electrons. The van der Waals surface area contributed by atoms with Crippen molar-refractivity contribution in [2.75, 3.05) is 19.4 Å². The van der Waals surface area contributed by atoms with Crippen LogP contribution in [0.2, 0.25) is 0 Å². The Morgan fingerprint density at radius 3 is 2.81 bits per heavy atom. The molecule has 0 spiro atoms. The van der Waals surface area contributed by atoms with Gasteiger partial charge in [-0.2, -0.15) is 0 Å². The molecule has 0 aliphatic rings. The van der Waals surface area contributed by atoms with Gasteiger partial charge in [0.05, 0.1) is 7.11 Å². The van der Waals surface area contributed by atoms with Crippen LogP contribution in [0.25, 0.3) is 0 Å². The zero-order valence-corrected chi connectivity index (χ0v) is 11.9. The highest BCUT2D eigenvalue weighted by atomic mass is 16.5. The minimum absolute atomic E-state index is 0.248. The number of nitrogens with zero attached hydrogens (tertiary/aromatic N) is 1. The molecule has 0 aliphatic carbocycles. The van der Waals surface area contributed by atoms with Crippen LogP contribution >= 0.6 is 0 Å². The lowest BCUT2D eigenvalue weighted by atomic mass is 10.2. The van der Waals surface area contributed by atoms with Crippen LogP contribution in [0.1, 0.15) is 17.4 Å². The van der Waals surface area contributed by atoms with Crippen LogP contribution in [0.4, 0.5) is 5.69 Å². The summed E-state index contributed by atoms with van der Waals surface area (Å²) >= 11 is 0. The van der Waals surface area contributed by atoms with Crippen molar-refractivity contribution >= 4 is 11.6 Å². The molecule has 0 fully saturated rings. The molecule has 1 aromatic carbocycles. The van der Waals surface area contributed by atoms with Crippen LogP contribution in [0, 0.1) is 0 Å². The Balaban J connectivity index is 2.26. The predicted molar refractivity (Wildman–Crippen MR) is 79.7 cm³/mol. The summed E-state index contributed by atoms with van der Waals surface area (Å²) in [4.78, 5) is 15.8. The van der Waals surface area contributed by atoms with E-state index < -0.39 is 0 Å². The molecule has 1 aromatic heterocycles. The highest BCUT2D eigenvalue weighted by molar-refractivity contribution is 5.92. The fraction of sp³-hybridized carbons (Fsp3) is 0.200. The molecule has 1 amide bonds. The number of amides is 1. The number of carbonyl (C=O) groups excluding carboxylic acids is 1. The molecule has 3 N–H and O–H groups in total. The Kier molecular flexibility index (Phi) is 4.61. The number of benzene rings is 1. The lowest BCUT2D eigenvalue weighted by molar-refractivity contribution is 0.0950. The van der Waals surface area contributed by atoms with Gasteiger partial charge in [-0.1, -0.05) is 0 Å². The molecule has 21 heavy (non-hydrogen) atoms. The minimum Gasteiger partial charge on any atom is -0.493 e. The topological polar surface area (TPSA) is 86.5 Å². The average molecular weight is 287 g/mol. The number of rotatable bonds is 5. The van der Waals surface area contributed by atoms with Gasteiger partial charge in [-0.25, -0.2) is 0 Å². The summed E-state index contributed by atoms with van der Waals surface area (Å²) in [5, 5.41) is 2.68. The largest absolute Gasteiger partial charge is 0.493 e. The van der Waals surface area contributed by atoms with Crippen molar-refractivity contribution in [2.45, 2.75) is 6.92 Å². The Bertz CT molecular complexity index is 644. The monoisotopic (exact) mass is 287 g/mol. The summed E-state index contributed by atoms with van der Waals surface area (Å²) in [6.45, 7) is 2.38. The fourth-order valence-electron chi connectivity index (χ4n) is 1.75. The van der Waals surface area contributed by atoms with Crippen LogP contribution in [0.3, 0.4) is 0 Å². The van der Waals surface area contributed by atoms with Gasteiger partial charge in [-0.05, 0) is 25.1 Å². The van der Waals surface area contributed by atoms with Gasteiger partial charge in [0.25, 0.3) is 5.91 Å². The second kappa shape index (κ2) is 6.60. The SMILES string of the molecule is CCNC(=O)c1cc(Oc2cc(N)ccc2OC)ccn1. The van der Waals surface area contributed by atoms with Crippen molar-refractivity contribution in [1.82, 2.24) is 10.3 Å². The van der Waals surface area contributed by atoms with Gasteiger partial charge >= 0.3 is 0 Å². The smallest absolute Gasteiger partial charge is 0.270 e. The quantitative estimate of drug-likeness (QED) is 0.823. The van der Waals surface area contributed by atoms with Gasteiger partial charge in [0.15, 0.2) is 11.5 Å². The maximum atomic E-state index is 11.8. The van der Waals surface area contributed by atoms with E-state index in [1.807, 2.05) is 6.92 Å². The van der Waals surface area contributed by atoms with E-state index in [0.717, 1.165) is 0 Å². The lowest BCUT2D eigenvalue weighted by Gasteiger charge is -2.11. The average Bonchev–Trinajstić information content (AvgIpc) is 2.48. The summed E-state index contributed by atoms with van der Waals surface area (Å²) in [5.74, 6) is 1.27. The van der Waals surface area contributed by atoms with E-state index in [2.05, 4.69) is 10.3 Å². The van der Waals surface area contributed by atoms with Gasteiger partial charge in [0.1, 0.15) is 11.4 Å². The van der Waals surface area contributed by atoms with Crippen LogP contribution in [-0.2, 0) is 0 Å². The number of anilines is 1. The first-order valence-electron chi connectivity index (χ1n) is 6.49. The number of pyridine rings is 1. The Morgan fingerprint density at radius 1 is 1.29 bits per heavy atom. The number of nitrogen functional groups attached to an aromatic ring is 1. The normalized spacial score (nSPS) is 10.0. The summed E-state index contributed by atoms with van der Waals surface area (Å²) in [6, 6.07) is 8.32. The number of ether oxygens (including phenoxy) is 2. The number of nitrogens with one attached hydrogen (secondary N) is 1. The number of aromatic nitrogens is 1. The molecule has 0 unspecified atom stereocenters. The molecule has 110 valence electrons. The number of nitrogens with two attached hydrogens (primary N) is 1. The number of carbonyl (C=O) groups is 1. The predicted octanol–water partition coefficient (Wildman–Crippen LogP) is 2.21. The molecule has 0 aliphatic heterocycles. The third-order valence-corrected chi connectivity index (χ3v) is 2.72. The third kappa shape index (κ3) is 3.62. The van der Waals surface area contributed by atoms with Crippen LogP contribution in [-0.4, -0.2) is 24.5 Å². The fourth-order valence-corrected chi connectivity index (χ4v) is 1.75. The standard InChI is InChI=1S/C15H17N3O3/c1-3-17-15(19)12-9-11(6-7-18-12)21-14-8-10(16)4-5-13(14)20-2/h4-9H,3,16H2,1-2H3,(H,17,19). The van der Waals surface area contributed by atoms with Crippen molar-refractivity contribution in [2.24, 2.45) is 0 Å². The second-order valence-corrected chi connectivity index (χ2v) is 4.25. The van der Waals surface area contributed by atoms with E-state index in [1.165, 1.54) is 6.20 Å². The van der Waals surface area contributed by atoms with Crippen molar-refractivity contribution in [3.63, 3.8) is 0 Å². The highest BCUT2D eigenvalue weighted by Crippen LogP contribution is 2.33. The van der Waals surface area contributed by atoms with Crippen LogP contribution < -0.4 is 20.5 Å². The van der Waals surface area contributed by atoms with Gasteiger partial charge in [0, 0.05) is 30.6 Å². The van der Waals surface area contributed by atoms with Gasteiger partial charge in [-0.15, -0.1) is 0 Å². The first-order chi connectivity index (χ1) is 10.1. The summed E-state index contributed by atoms with van der Waals surface area (Å²) in [7, 11) is 1.55. The zero-order valence-electron chi connectivity index (χ0n) is 11.9. The molecule has 0 saturated carbocycles. The van der Waals surface area contributed by atoms with Gasteiger partial charge in [-0.3, -0.25) is 9.78 Å². The van der Waals surface area contributed by atoms with E-state index in [0.29, 0.717) is 29.5 Å². The molecule has 1 heterocycles. The number of hydrogen-bond acceptors (Lipinski definition) is 5. The van der Waals surface area contributed by atoms with Crippen LogP contribution in [0.15, 0.2) is 36.5 Å². The first kappa shape index (κ1) is 14.6. The molecular formula is C15H17N3O3. The molecule has 6 heteroatoms. The van der Waals surface area contributed by atoms with E-state index in [9.17, 15) is 4.79 Å². The van der Waals surface area contributed by atoms with E-state index in [1.54, 1.807) is 37.4 Å². The minimum atomic E-state index is -0.248. The zero-order chi connectivity index (χ0) is 15.2. The first-order valence-corrected chi connectivity index (χ1v) is 6.49. The highest BCUT2D eigenvalue weighted by Gasteiger charge is 2.10. The third-order valence-electron chi connectivity index (χ3n) is 2.72. The van der Waals surface area contributed by atoms with Crippen molar-refractivity contribution < 1.29 is 14.3 Å². The molecule has 0 bridgehead atoms. The van der Waals surface area contributed by atoms with Gasteiger partial charge in [0.2, 0.25) is 0 Å². The van der Waals surface area contributed by atoms with E-state index in [4.69, 9.17) is 15.2 Å². The Morgan fingerprint density at radius 2 is 2.10 bits per heavy atom. The molecule has 2 rings (SSSR count). The molecular weight excluding hydrogens is 270 g/mol. The molecule has 0 atom stereocenters. The molecule has 0 saturated heterocycles. The van der Waals surface area contributed by atoms with Crippen molar-refractivity contribution in [3.05, 3.63) is 42.2 Å². The Labute approximate surface area is 122 Å². The summed E-state index contributed by atoms with van der Waals surface area (Å²) in [6.07, 6.45) is 1.51. The maximum absolute atomic E-state index is 11.8. The van der Waals surface area contributed by atoms with E-state index in [-0.39, 0.29) is 11.6 Å². The maximum Gasteiger partial charge on any atom is 0.270 e. The second-order valence-electron chi connectivity index (χ2n) is 4.25. The van der Waals surface area contributed by atoms with E-state index >= 15 is 0 Å². The van der Waals surface area contributed by atoms with Crippen LogP contribution in [0.5, 0.6) is 17.2 Å². The van der Waals surface area contributed by atoms with Crippen molar-refractivity contribution in [1.29, 1.82) is 0 Å². The summed E-state index contributed by atoms with van der Waals surface area (Å²) < 4.78 is 10.9. The molecule has 2 aromatic rings. The number of hydrogen-bond donors (Lipinski definition) is 2. The van der Waals surface area contributed by atoms with Gasteiger partial charge < -0.3 is 20.5 Å². The Hall–Kier alpha value is -2.76. The summed E-state index contributed by atoms with van der Waals surface area (Å²) in [5.41, 5.74) is 6.59.